The smallest absolute Gasteiger partial charge is 0.247 e. The standard InChI is InChI=1S/C15H18N4O2/c1-12(20)19-9-7-18(8-10-19)11-14-16-17-15(21-14)13-5-3-2-4-6-13/h2-6H,7-11H2,1H3. The van der Waals surface area contributed by atoms with Crippen molar-refractivity contribution >= 4 is 5.91 Å². The predicted molar refractivity (Wildman–Crippen MR) is 77.3 cm³/mol. The molecule has 1 aromatic heterocycles. The summed E-state index contributed by atoms with van der Waals surface area (Å²) in [5.41, 5.74) is 0.928. The van der Waals surface area contributed by atoms with Gasteiger partial charge in [0, 0.05) is 38.7 Å². The molecular formula is C15H18N4O2. The summed E-state index contributed by atoms with van der Waals surface area (Å²) in [6.45, 7) is 5.43. The van der Waals surface area contributed by atoms with Gasteiger partial charge in [0.1, 0.15) is 0 Å². The molecule has 6 heteroatoms. The maximum absolute atomic E-state index is 11.3. The summed E-state index contributed by atoms with van der Waals surface area (Å²) in [6, 6.07) is 9.74. The average molecular weight is 286 g/mol. The Kier molecular flexibility index (Phi) is 3.96. The van der Waals surface area contributed by atoms with Crippen molar-refractivity contribution in [3.05, 3.63) is 36.2 Å². The highest BCUT2D eigenvalue weighted by atomic mass is 16.4. The zero-order chi connectivity index (χ0) is 14.7. The number of rotatable bonds is 3. The minimum Gasteiger partial charge on any atom is -0.419 e. The van der Waals surface area contributed by atoms with Gasteiger partial charge in [-0.25, -0.2) is 0 Å². The van der Waals surface area contributed by atoms with E-state index in [0.717, 1.165) is 31.7 Å². The van der Waals surface area contributed by atoms with Crippen molar-refractivity contribution < 1.29 is 9.21 Å². The summed E-state index contributed by atoms with van der Waals surface area (Å²) in [6.07, 6.45) is 0. The highest BCUT2D eigenvalue weighted by molar-refractivity contribution is 5.73. The molecule has 1 saturated heterocycles. The van der Waals surface area contributed by atoms with E-state index in [1.54, 1.807) is 6.92 Å². The van der Waals surface area contributed by atoms with Crippen molar-refractivity contribution in [3.8, 4) is 11.5 Å². The highest BCUT2D eigenvalue weighted by Gasteiger charge is 2.20. The van der Waals surface area contributed by atoms with E-state index >= 15 is 0 Å². The van der Waals surface area contributed by atoms with Gasteiger partial charge in [-0.1, -0.05) is 18.2 Å². The summed E-state index contributed by atoms with van der Waals surface area (Å²) >= 11 is 0. The SMILES string of the molecule is CC(=O)N1CCN(Cc2nnc(-c3ccccc3)o2)CC1. The van der Waals surface area contributed by atoms with E-state index < -0.39 is 0 Å². The molecule has 0 unspecified atom stereocenters. The van der Waals surface area contributed by atoms with Gasteiger partial charge in [0.2, 0.25) is 17.7 Å². The molecule has 6 nitrogen and oxygen atoms in total. The second-order valence-corrected chi connectivity index (χ2v) is 5.15. The molecule has 3 rings (SSSR count). The van der Waals surface area contributed by atoms with Crippen LogP contribution in [0.1, 0.15) is 12.8 Å². The molecule has 1 aromatic carbocycles. The molecule has 1 fully saturated rings. The minimum absolute atomic E-state index is 0.138. The monoisotopic (exact) mass is 286 g/mol. The van der Waals surface area contributed by atoms with Gasteiger partial charge in [-0.15, -0.1) is 10.2 Å². The van der Waals surface area contributed by atoms with Crippen molar-refractivity contribution in [2.45, 2.75) is 13.5 Å². The molecule has 1 aliphatic rings. The highest BCUT2D eigenvalue weighted by Crippen LogP contribution is 2.18. The first kappa shape index (κ1) is 13.8. The van der Waals surface area contributed by atoms with Crippen LogP contribution >= 0.6 is 0 Å². The molecule has 21 heavy (non-hydrogen) atoms. The van der Waals surface area contributed by atoms with Crippen LogP contribution in [0.15, 0.2) is 34.7 Å². The third kappa shape index (κ3) is 3.28. The number of carbonyl (C=O) groups is 1. The van der Waals surface area contributed by atoms with Gasteiger partial charge >= 0.3 is 0 Å². The number of nitrogens with zero attached hydrogens (tertiary/aromatic N) is 4. The summed E-state index contributed by atoms with van der Waals surface area (Å²) in [5, 5.41) is 8.19. The van der Waals surface area contributed by atoms with E-state index in [4.69, 9.17) is 4.42 Å². The first-order valence-electron chi connectivity index (χ1n) is 7.08. The lowest BCUT2D eigenvalue weighted by atomic mass is 10.2. The summed E-state index contributed by atoms with van der Waals surface area (Å²) < 4.78 is 5.70. The number of hydrogen-bond acceptors (Lipinski definition) is 5. The van der Waals surface area contributed by atoms with E-state index in [0.29, 0.717) is 18.3 Å². The van der Waals surface area contributed by atoms with Crippen molar-refractivity contribution in [2.75, 3.05) is 26.2 Å². The first-order valence-corrected chi connectivity index (χ1v) is 7.08. The number of hydrogen-bond donors (Lipinski definition) is 0. The third-order valence-corrected chi connectivity index (χ3v) is 3.66. The Labute approximate surface area is 123 Å². The summed E-state index contributed by atoms with van der Waals surface area (Å²) in [5.74, 6) is 1.30. The molecule has 1 amide bonds. The molecule has 0 aliphatic carbocycles. The van der Waals surface area contributed by atoms with Crippen molar-refractivity contribution in [3.63, 3.8) is 0 Å². The van der Waals surface area contributed by atoms with Crippen LogP contribution < -0.4 is 0 Å². The number of aromatic nitrogens is 2. The molecule has 0 N–H and O–H groups in total. The molecule has 2 heterocycles. The topological polar surface area (TPSA) is 62.5 Å². The van der Waals surface area contributed by atoms with Crippen LogP contribution in [0.5, 0.6) is 0 Å². The van der Waals surface area contributed by atoms with Crippen molar-refractivity contribution in [1.29, 1.82) is 0 Å². The van der Waals surface area contributed by atoms with Gasteiger partial charge in [0.05, 0.1) is 6.54 Å². The van der Waals surface area contributed by atoms with Crippen LogP contribution in [0.25, 0.3) is 11.5 Å². The van der Waals surface area contributed by atoms with Gasteiger partial charge in [-0.2, -0.15) is 0 Å². The van der Waals surface area contributed by atoms with E-state index in [1.807, 2.05) is 35.2 Å². The lowest BCUT2D eigenvalue weighted by molar-refractivity contribution is -0.130. The zero-order valence-corrected chi connectivity index (χ0v) is 12.0. The number of benzene rings is 1. The molecule has 0 saturated carbocycles. The Morgan fingerprint density at radius 3 is 2.52 bits per heavy atom. The van der Waals surface area contributed by atoms with Crippen molar-refractivity contribution in [2.24, 2.45) is 0 Å². The third-order valence-electron chi connectivity index (χ3n) is 3.66. The Morgan fingerprint density at radius 1 is 1.14 bits per heavy atom. The molecule has 2 aromatic rings. The lowest BCUT2D eigenvalue weighted by Crippen LogP contribution is -2.47. The Balaban J connectivity index is 1.60. The maximum Gasteiger partial charge on any atom is 0.247 e. The maximum atomic E-state index is 11.3. The van der Waals surface area contributed by atoms with Crippen LogP contribution in [-0.4, -0.2) is 52.1 Å². The normalized spacial score (nSPS) is 16.1. The Bertz CT molecular complexity index is 603. The summed E-state index contributed by atoms with van der Waals surface area (Å²) in [7, 11) is 0. The molecule has 1 aliphatic heterocycles. The lowest BCUT2D eigenvalue weighted by Gasteiger charge is -2.33. The van der Waals surface area contributed by atoms with E-state index in [9.17, 15) is 4.79 Å². The van der Waals surface area contributed by atoms with Crippen molar-refractivity contribution in [1.82, 2.24) is 20.0 Å². The first-order chi connectivity index (χ1) is 10.2. The van der Waals surface area contributed by atoms with Gasteiger partial charge in [-0.05, 0) is 12.1 Å². The average Bonchev–Trinajstić information content (AvgIpc) is 2.97. The van der Waals surface area contributed by atoms with Crippen LogP contribution in [0.4, 0.5) is 0 Å². The van der Waals surface area contributed by atoms with E-state index in [2.05, 4.69) is 15.1 Å². The second-order valence-electron chi connectivity index (χ2n) is 5.15. The number of amides is 1. The number of piperazine rings is 1. The summed E-state index contributed by atoms with van der Waals surface area (Å²) in [4.78, 5) is 15.4. The molecule has 0 atom stereocenters. The van der Waals surface area contributed by atoms with Crippen LogP contribution in [0.2, 0.25) is 0 Å². The molecule has 0 radical (unpaired) electrons. The van der Waals surface area contributed by atoms with Gasteiger partial charge in [0.25, 0.3) is 0 Å². The second kappa shape index (κ2) is 6.05. The van der Waals surface area contributed by atoms with Gasteiger partial charge < -0.3 is 9.32 Å². The zero-order valence-electron chi connectivity index (χ0n) is 12.0. The fourth-order valence-corrected chi connectivity index (χ4v) is 2.43. The number of carbonyl (C=O) groups excluding carboxylic acids is 1. The fourth-order valence-electron chi connectivity index (χ4n) is 2.43. The van der Waals surface area contributed by atoms with Gasteiger partial charge in [0.15, 0.2) is 0 Å². The van der Waals surface area contributed by atoms with Gasteiger partial charge in [-0.3, -0.25) is 9.69 Å². The minimum atomic E-state index is 0.138. The molecule has 110 valence electrons. The predicted octanol–water partition coefficient (Wildman–Crippen LogP) is 1.40. The Hall–Kier alpha value is -2.21. The van der Waals surface area contributed by atoms with E-state index in [-0.39, 0.29) is 5.91 Å². The largest absolute Gasteiger partial charge is 0.419 e. The quantitative estimate of drug-likeness (QED) is 0.853. The van der Waals surface area contributed by atoms with E-state index in [1.165, 1.54) is 0 Å². The van der Waals surface area contributed by atoms with Crippen LogP contribution in [0, 0.1) is 0 Å². The molecule has 0 bridgehead atoms. The fraction of sp³-hybridized carbons (Fsp3) is 0.400. The Morgan fingerprint density at radius 2 is 1.86 bits per heavy atom. The molecular weight excluding hydrogens is 268 g/mol. The van der Waals surface area contributed by atoms with Crippen LogP contribution in [0.3, 0.4) is 0 Å². The molecule has 0 spiro atoms. The van der Waals surface area contributed by atoms with Crippen LogP contribution in [-0.2, 0) is 11.3 Å².